The maximum atomic E-state index is 12.6. The number of hydrogen-bond donors (Lipinski definition) is 2. The maximum absolute atomic E-state index is 12.6. The molecule has 0 saturated carbocycles. The zero-order chi connectivity index (χ0) is 18.5. The van der Waals surface area contributed by atoms with Crippen LogP contribution in [0.25, 0.3) is 0 Å². The molecule has 1 aliphatic rings. The van der Waals surface area contributed by atoms with Crippen LogP contribution in [0.1, 0.15) is 29.6 Å². The van der Waals surface area contributed by atoms with Gasteiger partial charge >= 0.3 is 0 Å². The Hall–Kier alpha value is -1.82. The number of aliphatic hydroxyl groups is 1. The highest BCUT2D eigenvalue weighted by Gasteiger charge is 2.22. The number of aliphatic hydroxyl groups excluding tert-OH is 1. The van der Waals surface area contributed by atoms with Crippen LogP contribution in [0.2, 0.25) is 10.0 Å². The summed E-state index contributed by atoms with van der Waals surface area (Å²) in [5.74, 6) is 0.994. The van der Waals surface area contributed by atoms with Gasteiger partial charge in [-0.2, -0.15) is 0 Å². The number of halogens is 2. The molecule has 1 amide bonds. The highest BCUT2D eigenvalue weighted by Crippen LogP contribution is 2.31. The van der Waals surface area contributed by atoms with Crippen LogP contribution in [-0.4, -0.2) is 35.7 Å². The summed E-state index contributed by atoms with van der Waals surface area (Å²) in [4.78, 5) is 19.2. The lowest BCUT2D eigenvalue weighted by Gasteiger charge is -2.33. The second-order valence-corrected chi connectivity index (χ2v) is 7.30. The molecule has 26 heavy (non-hydrogen) atoms. The van der Waals surface area contributed by atoms with Gasteiger partial charge in [0.25, 0.3) is 5.91 Å². The van der Waals surface area contributed by atoms with Crippen LogP contribution >= 0.6 is 23.2 Å². The number of nitrogens with zero attached hydrogens (tertiary/aromatic N) is 2. The summed E-state index contributed by atoms with van der Waals surface area (Å²) in [6, 6.07) is 8.50. The summed E-state index contributed by atoms with van der Waals surface area (Å²) in [7, 11) is 0. The number of carbonyl (C=O) groups excluding carboxylic acids is 1. The first kappa shape index (κ1) is 19.0. The Morgan fingerprint density at radius 3 is 2.69 bits per heavy atom. The first-order valence-corrected chi connectivity index (χ1v) is 9.40. The number of piperidine rings is 1. The fourth-order valence-corrected chi connectivity index (χ4v) is 3.56. The minimum absolute atomic E-state index is 0.227. The van der Waals surface area contributed by atoms with Gasteiger partial charge in [0.05, 0.1) is 10.7 Å². The van der Waals surface area contributed by atoms with E-state index in [0.29, 0.717) is 33.0 Å². The highest BCUT2D eigenvalue weighted by atomic mass is 35.5. The van der Waals surface area contributed by atoms with Crippen molar-refractivity contribution in [1.82, 2.24) is 4.98 Å². The average molecular weight is 394 g/mol. The number of nitrogens with one attached hydrogen (secondary N) is 1. The number of benzene rings is 1. The van der Waals surface area contributed by atoms with Crippen LogP contribution in [0.15, 0.2) is 36.5 Å². The SMILES string of the molecule is O=C(Nc1cc(Cl)cnc1N1CCC(CCO)CC1)c1cccc(Cl)c1. The summed E-state index contributed by atoms with van der Waals surface area (Å²) in [5, 5.41) is 13.0. The van der Waals surface area contributed by atoms with Gasteiger partial charge in [-0.25, -0.2) is 4.98 Å². The van der Waals surface area contributed by atoms with Crippen molar-refractivity contribution in [3.8, 4) is 0 Å². The van der Waals surface area contributed by atoms with E-state index in [2.05, 4.69) is 15.2 Å². The topological polar surface area (TPSA) is 65.5 Å². The van der Waals surface area contributed by atoms with Gasteiger partial charge in [-0.1, -0.05) is 29.3 Å². The predicted octanol–water partition coefficient (Wildman–Crippen LogP) is 4.24. The van der Waals surface area contributed by atoms with E-state index in [4.69, 9.17) is 28.3 Å². The van der Waals surface area contributed by atoms with Crippen molar-refractivity contribution in [3.63, 3.8) is 0 Å². The van der Waals surface area contributed by atoms with Crippen LogP contribution in [0.3, 0.4) is 0 Å². The second-order valence-electron chi connectivity index (χ2n) is 6.43. The van der Waals surface area contributed by atoms with Gasteiger partial charge in [0.1, 0.15) is 0 Å². The van der Waals surface area contributed by atoms with Crippen molar-refractivity contribution >= 4 is 40.6 Å². The van der Waals surface area contributed by atoms with Gasteiger partial charge < -0.3 is 15.3 Å². The molecule has 1 aliphatic heterocycles. The fourth-order valence-electron chi connectivity index (χ4n) is 3.22. The molecule has 1 aromatic carbocycles. The third-order valence-electron chi connectivity index (χ3n) is 4.62. The van der Waals surface area contributed by atoms with Crippen LogP contribution in [0.4, 0.5) is 11.5 Å². The van der Waals surface area contributed by atoms with E-state index in [1.807, 2.05) is 0 Å². The zero-order valence-electron chi connectivity index (χ0n) is 14.3. The number of anilines is 2. The lowest BCUT2D eigenvalue weighted by Crippen LogP contribution is -2.35. The van der Waals surface area contributed by atoms with Crippen molar-refractivity contribution in [1.29, 1.82) is 0 Å². The smallest absolute Gasteiger partial charge is 0.255 e. The van der Waals surface area contributed by atoms with Crippen molar-refractivity contribution in [2.75, 3.05) is 29.9 Å². The van der Waals surface area contributed by atoms with Gasteiger partial charge in [0, 0.05) is 36.5 Å². The number of amides is 1. The van der Waals surface area contributed by atoms with E-state index in [9.17, 15) is 4.79 Å². The number of aromatic nitrogens is 1. The lowest BCUT2D eigenvalue weighted by molar-refractivity contribution is 0.102. The van der Waals surface area contributed by atoms with Crippen LogP contribution < -0.4 is 10.2 Å². The molecule has 0 atom stereocenters. The highest BCUT2D eigenvalue weighted by molar-refractivity contribution is 6.31. The summed E-state index contributed by atoms with van der Waals surface area (Å²) >= 11 is 12.1. The molecule has 138 valence electrons. The van der Waals surface area contributed by atoms with Gasteiger partial charge in [0.15, 0.2) is 5.82 Å². The Morgan fingerprint density at radius 2 is 2.00 bits per heavy atom. The molecular weight excluding hydrogens is 373 g/mol. The molecule has 0 unspecified atom stereocenters. The molecule has 1 aromatic heterocycles. The molecule has 2 N–H and O–H groups in total. The van der Waals surface area contributed by atoms with Gasteiger partial charge in [-0.3, -0.25) is 4.79 Å². The Labute approximate surface area is 162 Å². The molecule has 0 bridgehead atoms. The van der Waals surface area contributed by atoms with Crippen molar-refractivity contribution in [2.45, 2.75) is 19.3 Å². The van der Waals surface area contributed by atoms with E-state index in [1.54, 1.807) is 36.5 Å². The Balaban J connectivity index is 1.77. The average Bonchev–Trinajstić information content (AvgIpc) is 2.63. The predicted molar refractivity (Wildman–Crippen MR) is 105 cm³/mol. The van der Waals surface area contributed by atoms with E-state index in [0.717, 1.165) is 32.4 Å². The van der Waals surface area contributed by atoms with Crippen molar-refractivity contribution in [2.24, 2.45) is 5.92 Å². The normalized spacial score (nSPS) is 15.1. The maximum Gasteiger partial charge on any atom is 0.255 e. The fraction of sp³-hybridized carbons (Fsp3) is 0.368. The third kappa shape index (κ3) is 4.67. The summed E-state index contributed by atoms with van der Waals surface area (Å²) in [6.07, 6.45) is 4.41. The van der Waals surface area contributed by atoms with Crippen molar-refractivity contribution < 1.29 is 9.90 Å². The van der Waals surface area contributed by atoms with Crippen molar-refractivity contribution in [3.05, 3.63) is 52.1 Å². The second kappa shape index (κ2) is 8.71. The summed E-state index contributed by atoms with van der Waals surface area (Å²) < 4.78 is 0. The van der Waals surface area contributed by atoms with E-state index >= 15 is 0 Å². The van der Waals surface area contributed by atoms with E-state index < -0.39 is 0 Å². The molecule has 3 rings (SSSR count). The van der Waals surface area contributed by atoms with Gasteiger partial charge in [0.2, 0.25) is 0 Å². The molecule has 1 saturated heterocycles. The van der Waals surface area contributed by atoms with E-state index in [-0.39, 0.29) is 12.5 Å². The molecule has 0 radical (unpaired) electrons. The molecule has 0 aliphatic carbocycles. The standard InChI is InChI=1S/C19H21Cl2N3O2/c20-15-3-1-2-14(10-15)19(26)23-17-11-16(21)12-22-18(17)24-7-4-13(5-8-24)6-9-25/h1-3,10-13,25H,4-9H2,(H,23,26). The molecule has 0 spiro atoms. The van der Waals surface area contributed by atoms with E-state index in [1.165, 1.54) is 0 Å². The minimum atomic E-state index is -0.256. The lowest BCUT2D eigenvalue weighted by atomic mass is 9.94. The molecule has 2 aromatic rings. The monoisotopic (exact) mass is 393 g/mol. The minimum Gasteiger partial charge on any atom is -0.396 e. The number of hydrogen-bond acceptors (Lipinski definition) is 4. The molecule has 7 heteroatoms. The van der Waals surface area contributed by atoms with Crippen LogP contribution in [0.5, 0.6) is 0 Å². The third-order valence-corrected chi connectivity index (χ3v) is 5.06. The van der Waals surface area contributed by atoms with Gasteiger partial charge in [-0.15, -0.1) is 0 Å². The quantitative estimate of drug-likeness (QED) is 0.796. The Kier molecular flexibility index (Phi) is 6.35. The first-order valence-electron chi connectivity index (χ1n) is 8.65. The van der Waals surface area contributed by atoms with Crippen LogP contribution in [0, 0.1) is 5.92 Å². The molecule has 1 fully saturated rings. The number of pyridine rings is 1. The largest absolute Gasteiger partial charge is 0.396 e. The number of carbonyl (C=O) groups is 1. The molecular formula is C19H21Cl2N3O2. The molecule has 2 heterocycles. The summed E-state index contributed by atoms with van der Waals surface area (Å²) in [6.45, 7) is 1.89. The number of rotatable bonds is 5. The zero-order valence-corrected chi connectivity index (χ0v) is 15.8. The summed E-state index contributed by atoms with van der Waals surface area (Å²) in [5.41, 5.74) is 1.06. The Bertz CT molecular complexity index is 777. The first-order chi connectivity index (χ1) is 12.6. The van der Waals surface area contributed by atoms with Crippen LogP contribution in [-0.2, 0) is 0 Å². The Morgan fingerprint density at radius 1 is 1.23 bits per heavy atom. The van der Waals surface area contributed by atoms with Gasteiger partial charge in [-0.05, 0) is 49.4 Å². The molecule has 5 nitrogen and oxygen atoms in total.